The molecule has 1 atom stereocenters. The van der Waals surface area contributed by atoms with Crippen LogP contribution in [0.3, 0.4) is 0 Å². The number of rotatable bonds is 3. The van der Waals surface area contributed by atoms with Crippen molar-refractivity contribution >= 4 is 29.1 Å². The van der Waals surface area contributed by atoms with Gasteiger partial charge in [0.1, 0.15) is 0 Å². The number of imide groups is 1. The van der Waals surface area contributed by atoms with Crippen LogP contribution >= 0.6 is 0 Å². The Bertz CT molecular complexity index is 1050. The maximum atomic E-state index is 13.0. The lowest BCUT2D eigenvalue weighted by Gasteiger charge is -2.20. The number of aryl methyl sites for hydroxylation is 2. The van der Waals surface area contributed by atoms with Gasteiger partial charge in [-0.2, -0.15) is 14.3 Å². The quantitative estimate of drug-likeness (QED) is 0.835. The Morgan fingerprint density at radius 3 is 2.46 bits per heavy atom. The first-order chi connectivity index (χ1) is 13.4. The molecule has 2 aromatic carbocycles. The third kappa shape index (κ3) is 2.78. The molecule has 0 fully saturated rings. The molecule has 0 aromatic heterocycles. The summed E-state index contributed by atoms with van der Waals surface area (Å²) in [5.74, 6) is -0.154. The molecule has 1 unspecified atom stereocenters. The highest BCUT2D eigenvalue weighted by molar-refractivity contribution is 6.18. The predicted octanol–water partition coefficient (Wildman–Crippen LogP) is 3.36. The zero-order valence-corrected chi connectivity index (χ0v) is 16.3. The number of amides is 3. The molecule has 2 heterocycles. The van der Waals surface area contributed by atoms with E-state index in [-0.39, 0.29) is 5.91 Å². The van der Waals surface area contributed by atoms with E-state index >= 15 is 0 Å². The van der Waals surface area contributed by atoms with E-state index in [0.717, 1.165) is 32.9 Å². The maximum absolute atomic E-state index is 13.0. The van der Waals surface area contributed by atoms with Crippen molar-refractivity contribution in [3.8, 4) is 0 Å². The van der Waals surface area contributed by atoms with Crippen LogP contribution < -0.4 is 5.32 Å². The van der Waals surface area contributed by atoms with Crippen molar-refractivity contribution in [3.05, 3.63) is 71.1 Å². The van der Waals surface area contributed by atoms with E-state index in [4.69, 9.17) is 4.74 Å². The molecule has 2 aliphatic rings. The molecule has 3 amide bonds. The Kier molecular flexibility index (Phi) is 4.26. The van der Waals surface area contributed by atoms with Crippen LogP contribution in [0.15, 0.2) is 54.4 Å². The van der Waals surface area contributed by atoms with Gasteiger partial charge in [0.05, 0.1) is 14.1 Å². The lowest BCUT2D eigenvalue weighted by atomic mass is 9.91. The van der Waals surface area contributed by atoms with E-state index in [1.165, 1.54) is 11.6 Å². The Morgan fingerprint density at radius 2 is 1.79 bits per heavy atom. The van der Waals surface area contributed by atoms with Gasteiger partial charge in [-0.1, -0.05) is 48.0 Å². The summed E-state index contributed by atoms with van der Waals surface area (Å²) >= 11 is 0. The number of hydrogen-bond acceptors (Lipinski definition) is 4. The monoisotopic (exact) mass is 376 g/mol. The molecule has 4 rings (SSSR count). The van der Waals surface area contributed by atoms with Gasteiger partial charge in [-0.25, -0.2) is 4.79 Å². The standard InChI is InChI=1S/C22H22N3O3/c1-13-10-11-16(14(2)12-13)23-19-17(15-8-6-5-7-9-15)18-20(26)24(3)22(27)25(4)21(18)28-19/h5-12,18,23H,1-4H3/q+1. The number of carbonyl (C=O) groups excluding carboxylic acids is 2. The summed E-state index contributed by atoms with van der Waals surface area (Å²) in [5.41, 5.74) is 4.73. The molecule has 0 saturated heterocycles. The molecule has 1 N–H and O–H groups in total. The zero-order chi connectivity index (χ0) is 20.0. The van der Waals surface area contributed by atoms with Crippen LogP contribution in [-0.4, -0.2) is 41.4 Å². The van der Waals surface area contributed by atoms with Crippen molar-refractivity contribution in [1.82, 2.24) is 4.90 Å². The molecule has 2 aromatic rings. The molecule has 142 valence electrons. The van der Waals surface area contributed by atoms with E-state index in [9.17, 15) is 9.59 Å². The number of anilines is 1. The molecular weight excluding hydrogens is 354 g/mol. The SMILES string of the molecule is Cc1ccc(NC2=C(c3ccccc3)C3C(=O)N(C)C(=O)[N+](C)=C3O2)c(C)c1. The van der Waals surface area contributed by atoms with Crippen LogP contribution in [0.5, 0.6) is 0 Å². The van der Waals surface area contributed by atoms with Crippen LogP contribution in [0.1, 0.15) is 16.7 Å². The molecule has 0 saturated carbocycles. The Balaban J connectivity index is 1.87. The fourth-order valence-electron chi connectivity index (χ4n) is 3.66. The van der Waals surface area contributed by atoms with Crippen LogP contribution in [-0.2, 0) is 9.53 Å². The highest BCUT2D eigenvalue weighted by Gasteiger charge is 2.53. The fourth-order valence-corrected chi connectivity index (χ4v) is 3.66. The lowest BCUT2D eigenvalue weighted by molar-refractivity contribution is -0.415. The van der Waals surface area contributed by atoms with Gasteiger partial charge in [-0.15, -0.1) is 0 Å². The highest BCUT2D eigenvalue weighted by atomic mass is 16.5. The molecule has 0 spiro atoms. The summed E-state index contributed by atoms with van der Waals surface area (Å²) in [6, 6.07) is 15.3. The number of ether oxygens (including phenoxy) is 1. The second-order valence-electron chi connectivity index (χ2n) is 7.16. The van der Waals surface area contributed by atoms with Crippen molar-refractivity contribution < 1.29 is 18.9 Å². The first-order valence-electron chi connectivity index (χ1n) is 9.12. The summed E-state index contributed by atoms with van der Waals surface area (Å²) in [6.07, 6.45) is 0. The Hall–Kier alpha value is -3.41. The van der Waals surface area contributed by atoms with Crippen LogP contribution in [0.25, 0.3) is 5.57 Å². The minimum Gasteiger partial charge on any atom is -0.408 e. The number of fused-ring (bicyclic) bond motifs is 1. The van der Waals surface area contributed by atoms with Crippen molar-refractivity contribution in [3.63, 3.8) is 0 Å². The van der Waals surface area contributed by atoms with Gasteiger partial charge in [0.25, 0.3) is 5.90 Å². The zero-order valence-electron chi connectivity index (χ0n) is 16.3. The summed E-state index contributed by atoms with van der Waals surface area (Å²) in [7, 11) is 3.12. The molecule has 6 heteroatoms. The lowest BCUT2D eigenvalue weighted by Crippen LogP contribution is -2.51. The van der Waals surface area contributed by atoms with Crippen LogP contribution in [0, 0.1) is 19.8 Å². The maximum Gasteiger partial charge on any atom is 0.502 e. The average molecular weight is 376 g/mol. The van der Waals surface area contributed by atoms with E-state index in [1.54, 1.807) is 7.05 Å². The number of hydrogen-bond donors (Lipinski definition) is 1. The number of nitrogens with one attached hydrogen (secondary N) is 1. The number of benzene rings is 2. The summed E-state index contributed by atoms with van der Waals surface area (Å²) in [5, 5.41) is 3.34. The van der Waals surface area contributed by atoms with E-state index in [0.29, 0.717) is 11.8 Å². The van der Waals surface area contributed by atoms with E-state index in [1.807, 2.05) is 56.3 Å². The van der Waals surface area contributed by atoms with Gasteiger partial charge in [0, 0.05) is 11.3 Å². The Labute approximate surface area is 163 Å². The van der Waals surface area contributed by atoms with Crippen LogP contribution in [0.2, 0.25) is 0 Å². The average Bonchev–Trinajstić information content (AvgIpc) is 3.07. The molecule has 0 radical (unpaired) electrons. The highest BCUT2D eigenvalue weighted by Crippen LogP contribution is 2.39. The van der Waals surface area contributed by atoms with Gasteiger partial charge >= 0.3 is 11.9 Å². The molecular formula is C22H22N3O3+. The summed E-state index contributed by atoms with van der Waals surface area (Å²) < 4.78 is 7.46. The normalized spacial score (nSPS) is 19.1. The van der Waals surface area contributed by atoms with Crippen molar-refractivity contribution in [2.75, 3.05) is 19.4 Å². The number of nitrogens with zero attached hydrogens (tertiary/aromatic N) is 2. The molecule has 0 bridgehead atoms. The van der Waals surface area contributed by atoms with Crippen molar-refractivity contribution in [2.24, 2.45) is 5.92 Å². The van der Waals surface area contributed by atoms with Crippen molar-refractivity contribution in [2.45, 2.75) is 13.8 Å². The first kappa shape index (κ1) is 18.0. The largest absolute Gasteiger partial charge is 0.502 e. The predicted molar refractivity (Wildman–Crippen MR) is 107 cm³/mol. The second-order valence-corrected chi connectivity index (χ2v) is 7.16. The number of urea groups is 1. The minimum absolute atomic E-state index is 0.297. The molecule has 0 aliphatic carbocycles. The third-order valence-corrected chi connectivity index (χ3v) is 5.18. The minimum atomic E-state index is -0.664. The third-order valence-electron chi connectivity index (χ3n) is 5.18. The van der Waals surface area contributed by atoms with Crippen LogP contribution in [0.4, 0.5) is 10.5 Å². The van der Waals surface area contributed by atoms with Gasteiger partial charge in [0.2, 0.25) is 5.88 Å². The number of carbonyl (C=O) groups is 2. The first-order valence-corrected chi connectivity index (χ1v) is 9.12. The smallest absolute Gasteiger partial charge is 0.408 e. The van der Waals surface area contributed by atoms with E-state index in [2.05, 4.69) is 11.4 Å². The molecule has 6 nitrogen and oxygen atoms in total. The topological polar surface area (TPSA) is 61.7 Å². The summed E-state index contributed by atoms with van der Waals surface area (Å²) in [6.45, 7) is 4.05. The second kappa shape index (κ2) is 6.64. The van der Waals surface area contributed by atoms with Gasteiger partial charge < -0.3 is 10.1 Å². The Morgan fingerprint density at radius 1 is 1.07 bits per heavy atom. The van der Waals surface area contributed by atoms with Gasteiger partial charge in [-0.05, 0) is 31.0 Å². The fraction of sp³-hybridized carbons (Fsp3) is 0.227. The van der Waals surface area contributed by atoms with Crippen molar-refractivity contribution in [1.29, 1.82) is 0 Å². The molecule has 28 heavy (non-hydrogen) atoms. The molecule has 2 aliphatic heterocycles. The van der Waals surface area contributed by atoms with Gasteiger partial charge in [-0.3, -0.25) is 0 Å². The summed E-state index contributed by atoms with van der Waals surface area (Å²) in [4.78, 5) is 26.5. The van der Waals surface area contributed by atoms with E-state index < -0.39 is 11.9 Å². The van der Waals surface area contributed by atoms with Gasteiger partial charge in [0.15, 0.2) is 5.92 Å².